The van der Waals surface area contributed by atoms with Crippen molar-refractivity contribution in [3.63, 3.8) is 0 Å². The lowest BCUT2D eigenvalue weighted by molar-refractivity contribution is -0.385. The van der Waals surface area contributed by atoms with Crippen LogP contribution in [-0.4, -0.2) is 11.0 Å². The Morgan fingerprint density at radius 3 is 2.59 bits per heavy atom. The first-order valence-electron chi connectivity index (χ1n) is 6.09. The third kappa shape index (κ3) is 2.82. The standard InChI is InChI=1S/C13H18N2O2/c1-9(11-7-8-11)14-10(2)12-5-3-4-6-13(12)15(16)17/h3-6,9-11,14H,7-8H2,1-2H3. The van der Waals surface area contributed by atoms with E-state index in [1.54, 1.807) is 12.1 Å². The highest BCUT2D eigenvalue weighted by molar-refractivity contribution is 5.41. The first-order chi connectivity index (χ1) is 8.09. The van der Waals surface area contributed by atoms with Crippen LogP contribution < -0.4 is 5.32 Å². The fourth-order valence-electron chi connectivity index (χ4n) is 2.24. The molecule has 17 heavy (non-hydrogen) atoms. The normalized spacial score (nSPS) is 18.7. The molecule has 1 fully saturated rings. The molecular weight excluding hydrogens is 216 g/mol. The van der Waals surface area contributed by atoms with E-state index in [0.717, 1.165) is 11.5 Å². The molecule has 0 amide bonds. The van der Waals surface area contributed by atoms with Gasteiger partial charge in [-0.25, -0.2) is 0 Å². The van der Waals surface area contributed by atoms with E-state index in [1.807, 2.05) is 19.1 Å². The number of nitro benzene ring substituents is 1. The van der Waals surface area contributed by atoms with Crippen molar-refractivity contribution in [1.29, 1.82) is 0 Å². The number of para-hydroxylation sites is 1. The van der Waals surface area contributed by atoms with Gasteiger partial charge in [0, 0.05) is 23.7 Å². The van der Waals surface area contributed by atoms with E-state index in [0.29, 0.717) is 6.04 Å². The predicted molar refractivity (Wildman–Crippen MR) is 66.8 cm³/mol. The Morgan fingerprint density at radius 1 is 1.35 bits per heavy atom. The number of nitrogens with zero attached hydrogens (tertiary/aromatic N) is 1. The summed E-state index contributed by atoms with van der Waals surface area (Å²) in [5.41, 5.74) is 0.973. The average Bonchev–Trinajstić information content (AvgIpc) is 3.12. The van der Waals surface area contributed by atoms with Gasteiger partial charge in [-0.15, -0.1) is 0 Å². The minimum absolute atomic E-state index is 0.0206. The molecule has 1 aromatic rings. The van der Waals surface area contributed by atoms with Gasteiger partial charge >= 0.3 is 0 Å². The summed E-state index contributed by atoms with van der Waals surface area (Å²) in [5, 5.41) is 14.4. The van der Waals surface area contributed by atoms with Gasteiger partial charge in [-0.1, -0.05) is 18.2 Å². The van der Waals surface area contributed by atoms with Gasteiger partial charge < -0.3 is 5.32 Å². The number of nitrogens with one attached hydrogen (secondary N) is 1. The highest BCUT2D eigenvalue weighted by atomic mass is 16.6. The molecule has 1 aliphatic rings. The molecule has 0 aliphatic heterocycles. The molecule has 2 atom stereocenters. The number of hydrogen-bond acceptors (Lipinski definition) is 3. The minimum Gasteiger partial charge on any atom is -0.307 e. The first-order valence-corrected chi connectivity index (χ1v) is 6.09. The fraction of sp³-hybridized carbons (Fsp3) is 0.538. The van der Waals surface area contributed by atoms with Crippen LogP contribution in [0, 0.1) is 16.0 Å². The average molecular weight is 234 g/mol. The quantitative estimate of drug-likeness (QED) is 0.629. The van der Waals surface area contributed by atoms with Crippen molar-refractivity contribution in [2.75, 3.05) is 0 Å². The number of benzene rings is 1. The smallest absolute Gasteiger partial charge is 0.274 e. The number of nitro groups is 1. The van der Waals surface area contributed by atoms with Gasteiger partial charge in [-0.3, -0.25) is 10.1 Å². The number of hydrogen-bond donors (Lipinski definition) is 1. The maximum Gasteiger partial charge on any atom is 0.274 e. The summed E-state index contributed by atoms with van der Waals surface area (Å²) in [4.78, 5) is 10.6. The van der Waals surface area contributed by atoms with Crippen LogP contribution in [0.4, 0.5) is 5.69 Å². The summed E-state index contributed by atoms with van der Waals surface area (Å²) in [6.07, 6.45) is 2.55. The largest absolute Gasteiger partial charge is 0.307 e. The summed E-state index contributed by atoms with van der Waals surface area (Å²) in [6, 6.07) is 7.41. The zero-order chi connectivity index (χ0) is 12.4. The van der Waals surface area contributed by atoms with Crippen LogP contribution in [0.2, 0.25) is 0 Å². The second kappa shape index (κ2) is 4.84. The van der Waals surface area contributed by atoms with Crippen molar-refractivity contribution < 1.29 is 4.92 Å². The van der Waals surface area contributed by atoms with Gasteiger partial charge in [0.2, 0.25) is 0 Å². The zero-order valence-electron chi connectivity index (χ0n) is 10.2. The highest BCUT2D eigenvalue weighted by Gasteiger charge is 2.29. The molecule has 0 bridgehead atoms. The molecule has 0 heterocycles. The van der Waals surface area contributed by atoms with E-state index < -0.39 is 0 Å². The first kappa shape index (κ1) is 12.0. The van der Waals surface area contributed by atoms with E-state index in [-0.39, 0.29) is 16.7 Å². The van der Waals surface area contributed by atoms with Crippen molar-refractivity contribution in [2.24, 2.45) is 5.92 Å². The second-order valence-electron chi connectivity index (χ2n) is 4.83. The molecule has 4 nitrogen and oxygen atoms in total. The molecule has 92 valence electrons. The van der Waals surface area contributed by atoms with Crippen LogP contribution in [0.3, 0.4) is 0 Å². The van der Waals surface area contributed by atoms with Crippen molar-refractivity contribution in [3.05, 3.63) is 39.9 Å². The molecule has 1 aliphatic carbocycles. The lowest BCUT2D eigenvalue weighted by Gasteiger charge is -2.19. The van der Waals surface area contributed by atoms with Crippen molar-refractivity contribution in [1.82, 2.24) is 5.32 Å². The van der Waals surface area contributed by atoms with E-state index in [9.17, 15) is 10.1 Å². The van der Waals surface area contributed by atoms with Gasteiger partial charge in [0.25, 0.3) is 5.69 Å². The van der Waals surface area contributed by atoms with Gasteiger partial charge in [-0.05, 0) is 32.6 Å². The maximum absolute atomic E-state index is 10.9. The van der Waals surface area contributed by atoms with Gasteiger partial charge in [-0.2, -0.15) is 0 Å². The molecule has 0 aromatic heterocycles. The highest BCUT2D eigenvalue weighted by Crippen LogP contribution is 2.34. The maximum atomic E-state index is 10.9. The molecule has 2 unspecified atom stereocenters. The van der Waals surface area contributed by atoms with Gasteiger partial charge in [0.15, 0.2) is 0 Å². The van der Waals surface area contributed by atoms with Gasteiger partial charge in [0.1, 0.15) is 0 Å². The van der Waals surface area contributed by atoms with Gasteiger partial charge in [0.05, 0.1) is 4.92 Å². The Balaban J connectivity index is 2.12. The van der Waals surface area contributed by atoms with Crippen LogP contribution in [0.15, 0.2) is 24.3 Å². The van der Waals surface area contributed by atoms with Crippen LogP contribution in [-0.2, 0) is 0 Å². The molecular formula is C13H18N2O2. The minimum atomic E-state index is -0.310. The molecule has 1 N–H and O–H groups in total. The SMILES string of the molecule is CC(NC(C)C1CC1)c1ccccc1[N+](=O)[O-]. The summed E-state index contributed by atoms with van der Waals surface area (Å²) in [7, 11) is 0. The second-order valence-corrected chi connectivity index (χ2v) is 4.83. The van der Waals surface area contributed by atoms with E-state index in [4.69, 9.17) is 0 Å². The summed E-state index contributed by atoms with van der Waals surface area (Å²) in [5.74, 6) is 0.750. The monoisotopic (exact) mass is 234 g/mol. The van der Waals surface area contributed by atoms with E-state index in [2.05, 4.69) is 12.2 Å². The van der Waals surface area contributed by atoms with E-state index in [1.165, 1.54) is 12.8 Å². The number of rotatable bonds is 5. The molecule has 1 saturated carbocycles. The Labute approximate surface area is 101 Å². The third-order valence-electron chi connectivity index (χ3n) is 3.44. The van der Waals surface area contributed by atoms with Crippen molar-refractivity contribution in [2.45, 2.75) is 38.8 Å². The summed E-state index contributed by atoms with van der Waals surface area (Å²) in [6.45, 7) is 4.14. The molecule has 2 rings (SSSR count). The Morgan fingerprint density at radius 2 is 2.00 bits per heavy atom. The Kier molecular flexibility index (Phi) is 3.43. The Hall–Kier alpha value is -1.42. The lowest BCUT2D eigenvalue weighted by Crippen LogP contribution is -2.30. The van der Waals surface area contributed by atoms with Crippen LogP contribution in [0.5, 0.6) is 0 Å². The molecule has 0 spiro atoms. The summed E-state index contributed by atoms with van der Waals surface area (Å²) < 4.78 is 0. The fourth-order valence-corrected chi connectivity index (χ4v) is 2.24. The third-order valence-corrected chi connectivity index (χ3v) is 3.44. The summed E-state index contributed by atoms with van der Waals surface area (Å²) >= 11 is 0. The zero-order valence-corrected chi connectivity index (χ0v) is 10.2. The predicted octanol–water partition coefficient (Wildman–Crippen LogP) is 3.04. The molecule has 4 heteroatoms. The topological polar surface area (TPSA) is 55.2 Å². The van der Waals surface area contributed by atoms with Crippen molar-refractivity contribution >= 4 is 5.69 Å². The molecule has 0 radical (unpaired) electrons. The van der Waals surface area contributed by atoms with Crippen LogP contribution in [0.1, 0.15) is 38.3 Å². The van der Waals surface area contributed by atoms with Crippen LogP contribution in [0.25, 0.3) is 0 Å². The Bertz CT molecular complexity index is 416. The van der Waals surface area contributed by atoms with E-state index >= 15 is 0 Å². The van der Waals surface area contributed by atoms with Crippen LogP contribution >= 0.6 is 0 Å². The van der Waals surface area contributed by atoms with Crippen molar-refractivity contribution in [3.8, 4) is 0 Å². The molecule has 1 aromatic carbocycles. The molecule has 0 saturated heterocycles. The lowest BCUT2D eigenvalue weighted by atomic mass is 10.0.